The molecule has 0 heterocycles. The smallest absolute Gasteiger partial charge is 0.265 e. The predicted octanol–water partition coefficient (Wildman–Crippen LogP) is 3.76. The van der Waals surface area contributed by atoms with Crippen molar-refractivity contribution in [2.45, 2.75) is 20.0 Å². The SMILES string of the molecule is Cc1ccc(OC(C)C(=O)Nc2cc(Cl)ccc2O)cc1. The number of nitrogens with one attached hydrogen (secondary N) is 1. The molecule has 1 amide bonds. The summed E-state index contributed by atoms with van der Waals surface area (Å²) in [4.78, 5) is 12.1. The van der Waals surface area contributed by atoms with E-state index < -0.39 is 6.10 Å². The van der Waals surface area contributed by atoms with E-state index in [9.17, 15) is 9.90 Å². The molecule has 2 rings (SSSR count). The molecule has 1 unspecified atom stereocenters. The molecule has 0 radical (unpaired) electrons. The molecule has 0 aliphatic carbocycles. The van der Waals surface area contributed by atoms with Gasteiger partial charge < -0.3 is 15.2 Å². The molecule has 1 atom stereocenters. The van der Waals surface area contributed by atoms with Gasteiger partial charge in [0.2, 0.25) is 0 Å². The second-order valence-electron chi connectivity index (χ2n) is 4.72. The number of aromatic hydroxyl groups is 1. The fraction of sp³-hybridized carbons (Fsp3) is 0.188. The number of carbonyl (C=O) groups is 1. The predicted molar refractivity (Wildman–Crippen MR) is 83.0 cm³/mol. The molecule has 0 saturated heterocycles. The van der Waals surface area contributed by atoms with Gasteiger partial charge in [0.25, 0.3) is 5.91 Å². The lowest BCUT2D eigenvalue weighted by Crippen LogP contribution is -2.30. The van der Waals surface area contributed by atoms with Gasteiger partial charge in [-0.3, -0.25) is 4.79 Å². The highest BCUT2D eigenvalue weighted by molar-refractivity contribution is 6.31. The number of phenolic OH excluding ortho intramolecular Hbond substituents is 1. The van der Waals surface area contributed by atoms with Gasteiger partial charge in [-0.1, -0.05) is 29.3 Å². The van der Waals surface area contributed by atoms with Crippen LogP contribution >= 0.6 is 11.6 Å². The first kappa shape index (κ1) is 15.2. The summed E-state index contributed by atoms with van der Waals surface area (Å²) < 4.78 is 5.55. The van der Waals surface area contributed by atoms with Crippen molar-refractivity contribution in [1.29, 1.82) is 0 Å². The molecule has 2 aromatic rings. The Labute approximate surface area is 128 Å². The molecule has 0 aliphatic rings. The first-order valence-electron chi connectivity index (χ1n) is 6.48. The van der Waals surface area contributed by atoms with E-state index in [1.54, 1.807) is 25.1 Å². The van der Waals surface area contributed by atoms with Crippen molar-refractivity contribution >= 4 is 23.2 Å². The van der Waals surface area contributed by atoms with Crippen LogP contribution in [0.3, 0.4) is 0 Å². The van der Waals surface area contributed by atoms with Crippen molar-refractivity contribution in [3.63, 3.8) is 0 Å². The van der Waals surface area contributed by atoms with Crippen molar-refractivity contribution < 1.29 is 14.6 Å². The van der Waals surface area contributed by atoms with Gasteiger partial charge >= 0.3 is 0 Å². The Bertz CT molecular complexity index is 640. The third-order valence-electron chi connectivity index (χ3n) is 2.92. The zero-order valence-electron chi connectivity index (χ0n) is 11.8. The van der Waals surface area contributed by atoms with Gasteiger partial charge in [-0.05, 0) is 44.2 Å². The zero-order valence-corrected chi connectivity index (χ0v) is 12.5. The number of halogens is 1. The van der Waals surface area contributed by atoms with Crippen LogP contribution in [0.4, 0.5) is 5.69 Å². The number of anilines is 1. The number of benzene rings is 2. The average molecular weight is 306 g/mol. The summed E-state index contributed by atoms with van der Waals surface area (Å²) in [6, 6.07) is 11.9. The van der Waals surface area contributed by atoms with Gasteiger partial charge in [0, 0.05) is 5.02 Å². The molecule has 0 aliphatic heterocycles. The summed E-state index contributed by atoms with van der Waals surface area (Å²) in [7, 11) is 0. The first-order valence-corrected chi connectivity index (χ1v) is 6.86. The molecule has 0 saturated carbocycles. The Morgan fingerprint density at radius 1 is 1.24 bits per heavy atom. The van der Waals surface area contributed by atoms with E-state index in [0.717, 1.165) is 5.56 Å². The molecule has 0 aromatic heterocycles. The quantitative estimate of drug-likeness (QED) is 0.846. The molecule has 2 aromatic carbocycles. The van der Waals surface area contributed by atoms with E-state index in [1.807, 2.05) is 19.1 Å². The molecule has 2 N–H and O–H groups in total. The molecule has 0 bridgehead atoms. The van der Waals surface area contributed by atoms with Crippen LogP contribution in [0.5, 0.6) is 11.5 Å². The standard InChI is InChI=1S/C16H16ClNO3/c1-10-3-6-13(7-4-10)21-11(2)16(20)18-14-9-12(17)5-8-15(14)19/h3-9,11,19H,1-2H3,(H,18,20). The van der Waals surface area contributed by atoms with Crippen LogP contribution in [-0.2, 0) is 4.79 Å². The Morgan fingerprint density at radius 2 is 1.90 bits per heavy atom. The maximum Gasteiger partial charge on any atom is 0.265 e. The first-order chi connectivity index (χ1) is 9.95. The van der Waals surface area contributed by atoms with Crippen LogP contribution in [0.1, 0.15) is 12.5 Å². The van der Waals surface area contributed by atoms with Crippen molar-refractivity contribution in [3.8, 4) is 11.5 Å². The molecular formula is C16H16ClNO3. The number of hydrogen-bond donors (Lipinski definition) is 2. The van der Waals surface area contributed by atoms with E-state index in [1.165, 1.54) is 12.1 Å². The lowest BCUT2D eigenvalue weighted by Gasteiger charge is -2.15. The number of hydrogen-bond acceptors (Lipinski definition) is 3. The largest absolute Gasteiger partial charge is 0.506 e. The van der Waals surface area contributed by atoms with Gasteiger partial charge in [0.15, 0.2) is 6.10 Å². The third kappa shape index (κ3) is 4.13. The summed E-state index contributed by atoms with van der Waals surface area (Å²) in [6.45, 7) is 3.61. The van der Waals surface area contributed by atoms with Crippen LogP contribution in [0, 0.1) is 6.92 Å². The van der Waals surface area contributed by atoms with Crippen molar-refractivity contribution in [2.24, 2.45) is 0 Å². The lowest BCUT2D eigenvalue weighted by molar-refractivity contribution is -0.122. The number of phenols is 1. The van der Waals surface area contributed by atoms with Gasteiger partial charge in [-0.25, -0.2) is 0 Å². The summed E-state index contributed by atoms with van der Waals surface area (Å²) in [5, 5.41) is 12.7. The van der Waals surface area contributed by atoms with Crippen LogP contribution in [0.15, 0.2) is 42.5 Å². The Kier molecular flexibility index (Phi) is 4.70. The maximum absolute atomic E-state index is 12.1. The van der Waals surface area contributed by atoms with Crippen LogP contribution in [0.25, 0.3) is 0 Å². The normalized spacial score (nSPS) is 11.8. The fourth-order valence-electron chi connectivity index (χ4n) is 1.72. The fourth-order valence-corrected chi connectivity index (χ4v) is 1.89. The molecule has 110 valence electrons. The topological polar surface area (TPSA) is 58.6 Å². The van der Waals surface area contributed by atoms with E-state index in [0.29, 0.717) is 10.8 Å². The molecule has 0 spiro atoms. The average Bonchev–Trinajstić information content (AvgIpc) is 2.45. The zero-order chi connectivity index (χ0) is 15.4. The van der Waals surface area contributed by atoms with E-state index in [-0.39, 0.29) is 17.3 Å². The number of aryl methyl sites for hydroxylation is 1. The molecule has 4 nitrogen and oxygen atoms in total. The lowest BCUT2D eigenvalue weighted by atomic mass is 10.2. The van der Waals surface area contributed by atoms with Crippen molar-refractivity contribution in [2.75, 3.05) is 5.32 Å². The highest BCUT2D eigenvalue weighted by Crippen LogP contribution is 2.26. The monoisotopic (exact) mass is 305 g/mol. The summed E-state index contributed by atoms with van der Waals surface area (Å²) in [5.74, 6) is 0.196. The minimum atomic E-state index is -0.703. The number of ether oxygens (including phenoxy) is 1. The molecule has 21 heavy (non-hydrogen) atoms. The van der Waals surface area contributed by atoms with E-state index >= 15 is 0 Å². The van der Waals surface area contributed by atoms with Crippen LogP contribution < -0.4 is 10.1 Å². The Balaban J connectivity index is 2.02. The van der Waals surface area contributed by atoms with Gasteiger partial charge in [-0.15, -0.1) is 0 Å². The van der Waals surface area contributed by atoms with Gasteiger partial charge in [0.1, 0.15) is 11.5 Å². The number of rotatable bonds is 4. The van der Waals surface area contributed by atoms with Gasteiger partial charge in [-0.2, -0.15) is 0 Å². The minimum Gasteiger partial charge on any atom is -0.506 e. The van der Waals surface area contributed by atoms with Crippen molar-refractivity contribution in [1.82, 2.24) is 0 Å². The minimum absolute atomic E-state index is 0.0460. The molecule has 0 fully saturated rings. The maximum atomic E-state index is 12.1. The second kappa shape index (κ2) is 6.50. The summed E-state index contributed by atoms with van der Waals surface area (Å²) in [6.07, 6.45) is -0.703. The highest BCUT2D eigenvalue weighted by Gasteiger charge is 2.16. The number of carbonyl (C=O) groups excluding carboxylic acids is 1. The Morgan fingerprint density at radius 3 is 2.57 bits per heavy atom. The molecular weight excluding hydrogens is 290 g/mol. The van der Waals surface area contributed by atoms with Crippen molar-refractivity contribution in [3.05, 3.63) is 53.1 Å². The second-order valence-corrected chi connectivity index (χ2v) is 5.16. The number of amides is 1. The Hall–Kier alpha value is -2.20. The molecule has 5 heteroatoms. The van der Waals surface area contributed by atoms with Gasteiger partial charge in [0.05, 0.1) is 5.69 Å². The van der Waals surface area contributed by atoms with Crippen LogP contribution in [0.2, 0.25) is 5.02 Å². The third-order valence-corrected chi connectivity index (χ3v) is 3.15. The summed E-state index contributed by atoms with van der Waals surface area (Å²) in [5.41, 5.74) is 1.37. The highest BCUT2D eigenvalue weighted by atomic mass is 35.5. The van der Waals surface area contributed by atoms with E-state index in [4.69, 9.17) is 16.3 Å². The van der Waals surface area contributed by atoms with Crippen LogP contribution in [-0.4, -0.2) is 17.1 Å². The summed E-state index contributed by atoms with van der Waals surface area (Å²) >= 11 is 5.83. The van der Waals surface area contributed by atoms with E-state index in [2.05, 4.69) is 5.32 Å².